The van der Waals surface area contributed by atoms with Crippen molar-refractivity contribution >= 4 is 59.5 Å². The molecule has 0 amide bonds. The molecule has 0 aromatic carbocycles. The van der Waals surface area contributed by atoms with E-state index in [9.17, 15) is 47.9 Å². The molecular weight excluding hydrogens is 500 g/mol. The van der Waals surface area contributed by atoms with E-state index in [0.717, 1.165) is 6.92 Å². The standard InChI is InChI=1S/C19H20O17/c1-9(20)18(30)34-10(19(31)33-8-17(29)36-14(26)5-3-12(23)24)6-15(27)32-7-16(28)35-13(25)4-2-11(21)22/h10H,2-8H2,1H3,(H,21,22)(H,23,24). The first-order valence-corrected chi connectivity index (χ1v) is 9.65. The summed E-state index contributed by atoms with van der Waals surface area (Å²) >= 11 is 0. The number of ketones is 1. The summed E-state index contributed by atoms with van der Waals surface area (Å²) in [4.78, 5) is 113. The van der Waals surface area contributed by atoms with E-state index in [1.165, 1.54) is 0 Å². The molecule has 0 aromatic rings. The number of Topliss-reactive ketones (excluding diaryl/α,β-unsaturated/α-hetero) is 1. The molecule has 2 N–H and O–H groups in total. The maximum atomic E-state index is 12.1. The molecule has 0 aliphatic carbocycles. The number of carboxylic acid groups (broad SMARTS) is 2. The van der Waals surface area contributed by atoms with E-state index in [1.54, 1.807) is 0 Å². The zero-order chi connectivity index (χ0) is 27.8. The van der Waals surface area contributed by atoms with Gasteiger partial charge in [0.2, 0.25) is 11.9 Å². The second kappa shape index (κ2) is 16.0. The van der Waals surface area contributed by atoms with E-state index < -0.39 is 111 Å². The molecule has 0 aromatic heterocycles. The molecule has 0 spiro atoms. The fourth-order valence-electron chi connectivity index (χ4n) is 1.79. The molecular formula is C19H20O17. The number of hydrogen-bond donors (Lipinski definition) is 2. The molecule has 1 atom stereocenters. The van der Waals surface area contributed by atoms with Crippen LogP contribution in [0.3, 0.4) is 0 Å². The van der Waals surface area contributed by atoms with Crippen LogP contribution in [-0.2, 0) is 71.6 Å². The van der Waals surface area contributed by atoms with Gasteiger partial charge in [-0.3, -0.25) is 28.8 Å². The van der Waals surface area contributed by atoms with E-state index >= 15 is 0 Å². The zero-order valence-electron chi connectivity index (χ0n) is 18.5. The van der Waals surface area contributed by atoms with Gasteiger partial charge in [0, 0.05) is 6.92 Å². The van der Waals surface area contributed by atoms with Gasteiger partial charge >= 0.3 is 53.7 Å². The van der Waals surface area contributed by atoms with Crippen molar-refractivity contribution in [3.05, 3.63) is 0 Å². The lowest BCUT2D eigenvalue weighted by molar-refractivity contribution is -0.178. The summed E-state index contributed by atoms with van der Waals surface area (Å²) < 4.78 is 21.7. The highest BCUT2D eigenvalue weighted by molar-refractivity contribution is 6.32. The van der Waals surface area contributed by atoms with Crippen molar-refractivity contribution in [2.45, 2.75) is 45.1 Å². The molecule has 0 aliphatic rings. The third-order valence-corrected chi connectivity index (χ3v) is 3.38. The lowest BCUT2D eigenvalue weighted by atomic mass is 10.2. The molecule has 0 aliphatic heterocycles. The third-order valence-electron chi connectivity index (χ3n) is 3.38. The van der Waals surface area contributed by atoms with Gasteiger partial charge in [0.15, 0.2) is 13.2 Å². The summed E-state index contributed by atoms with van der Waals surface area (Å²) in [5.74, 6) is -13.7. The van der Waals surface area contributed by atoms with Crippen LogP contribution in [0.15, 0.2) is 0 Å². The van der Waals surface area contributed by atoms with Gasteiger partial charge in [0.25, 0.3) is 0 Å². The van der Waals surface area contributed by atoms with Gasteiger partial charge in [-0.25, -0.2) is 19.2 Å². The number of rotatable bonds is 15. The van der Waals surface area contributed by atoms with Gasteiger partial charge in [0.05, 0.1) is 32.1 Å². The summed E-state index contributed by atoms with van der Waals surface area (Å²) in [5, 5.41) is 16.9. The first-order valence-electron chi connectivity index (χ1n) is 9.65. The Bertz CT molecular complexity index is 930. The van der Waals surface area contributed by atoms with Crippen LogP contribution < -0.4 is 0 Å². The van der Waals surface area contributed by atoms with Gasteiger partial charge in [-0.05, 0) is 0 Å². The molecule has 17 heteroatoms. The maximum absolute atomic E-state index is 12.1. The SMILES string of the molecule is CC(=O)C(=O)OC(CC(=O)OCC(=O)OC(=O)CCC(=O)O)C(=O)OCC(=O)OC(=O)CCC(=O)O. The maximum Gasteiger partial charge on any atom is 0.375 e. The van der Waals surface area contributed by atoms with Gasteiger partial charge in [0.1, 0.15) is 0 Å². The van der Waals surface area contributed by atoms with Crippen molar-refractivity contribution in [3.8, 4) is 0 Å². The Hall–Kier alpha value is -4.70. The summed E-state index contributed by atoms with van der Waals surface area (Å²) in [6.45, 7) is -1.63. The predicted octanol–water partition coefficient (Wildman–Crippen LogP) is -2.17. The number of carboxylic acids is 2. The molecule has 0 saturated carbocycles. The highest BCUT2D eigenvalue weighted by atomic mass is 16.6. The number of carbonyl (C=O) groups is 10. The van der Waals surface area contributed by atoms with E-state index in [4.69, 9.17) is 10.2 Å². The Morgan fingerprint density at radius 2 is 1.06 bits per heavy atom. The Kier molecular flexibility index (Phi) is 13.9. The van der Waals surface area contributed by atoms with Gasteiger partial charge in [-0.2, -0.15) is 0 Å². The normalized spacial score (nSPS) is 10.7. The second-order valence-corrected chi connectivity index (χ2v) is 6.40. The molecule has 0 fully saturated rings. The lowest BCUT2D eigenvalue weighted by Crippen LogP contribution is -2.35. The Morgan fingerprint density at radius 3 is 1.47 bits per heavy atom. The Labute approximate surface area is 200 Å². The smallest absolute Gasteiger partial charge is 0.375 e. The topological polar surface area (TPSA) is 257 Å². The van der Waals surface area contributed by atoms with Crippen molar-refractivity contribution in [1.82, 2.24) is 0 Å². The first-order chi connectivity index (χ1) is 16.7. The monoisotopic (exact) mass is 520 g/mol. The molecule has 0 radical (unpaired) electrons. The molecule has 0 saturated heterocycles. The molecule has 0 rings (SSSR count). The van der Waals surface area contributed by atoms with Crippen LogP contribution in [0.25, 0.3) is 0 Å². The van der Waals surface area contributed by atoms with Crippen molar-refractivity contribution in [2.75, 3.05) is 13.2 Å². The molecule has 17 nitrogen and oxygen atoms in total. The highest BCUT2D eigenvalue weighted by Crippen LogP contribution is 2.06. The summed E-state index contributed by atoms with van der Waals surface area (Å²) in [6, 6.07) is 0. The quantitative estimate of drug-likeness (QED) is 0.101. The number of aliphatic carboxylic acids is 2. The van der Waals surface area contributed by atoms with Crippen LogP contribution in [0.2, 0.25) is 0 Å². The molecule has 1 unspecified atom stereocenters. The molecule has 0 heterocycles. The summed E-state index contributed by atoms with van der Waals surface area (Å²) in [7, 11) is 0. The van der Waals surface area contributed by atoms with E-state index in [-0.39, 0.29) is 0 Å². The van der Waals surface area contributed by atoms with Crippen molar-refractivity contribution in [2.24, 2.45) is 0 Å². The molecule has 0 bridgehead atoms. The minimum atomic E-state index is -2.15. The largest absolute Gasteiger partial charge is 0.481 e. The van der Waals surface area contributed by atoms with Crippen LogP contribution in [0.5, 0.6) is 0 Å². The van der Waals surface area contributed by atoms with Gasteiger partial charge in [-0.15, -0.1) is 0 Å². The van der Waals surface area contributed by atoms with Crippen LogP contribution >= 0.6 is 0 Å². The van der Waals surface area contributed by atoms with Crippen molar-refractivity contribution < 1.29 is 81.8 Å². The number of hydrogen-bond acceptors (Lipinski definition) is 15. The average Bonchev–Trinajstić information content (AvgIpc) is 2.77. The van der Waals surface area contributed by atoms with Crippen LogP contribution in [-0.4, -0.2) is 89.0 Å². The summed E-state index contributed by atoms with van der Waals surface area (Å²) in [6.07, 6.45) is -5.85. The van der Waals surface area contributed by atoms with E-state index in [2.05, 4.69) is 23.7 Å². The van der Waals surface area contributed by atoms with Gasteiger partial charge in [-0.1, -0.05) is 0 Å². The minimum Gasteiger partial charge on any atom is -0.481 e. The summed E-state index contributed by atoms with van der Waals surface area (Å²) in [5.41, 5.74) is 0. The molecule has 36 heavy (non-hydrogen) atoms. The van der Waals surface area contributed by atoms with Gasteiger partial charge < -0.3 is 33.9 Å². The lowest BCUT2D eigenvalue weighted by Gasteiger charge is -2.15. The fraction of sp³-hybridized carbons (Fsp3) is 0.474. The fourth-order valence-corrected chi connectivity index (χ4v) is 1.79. The Morgan fingerprint density at radius 1 is 0.611 bits per heavy atom. The molecule has 198 valence electrons. The van der Waals surface area contributed by atoms with Crippen LogP contribution in [0, 0.1) is 0 Å². The highest BCUT2D eigenvalue weighted by Gasteiger charge is 2.31. The number of esters is 7. The van der Waals surface area contributed by atoms with Crippen molar-refractivity contribution in [1.29, 1.82) is 0 Å². The average molecular weight is 520 g/mol. The van der Waals surface area contributed by atoms with Crippen molar-refractivity contribution in [3.63, 3.8) is 0 Å². The third kappa shape index (κ3) is 15.2. The second-order valence-electron chi connectivity index (χ2n) is 6.40. The van der Waals surface area contributed by atoms with Crippen LogP contribution in [0.4, 0.5) is 0 Å². The minimum absolute atomic E-state index is 0.624. The number of ether oxygens (including phenoxy) is 5. The van der Waals surface area contributed by atoms with E-state index in [0.29, 0.717) is 0 Å². The Balaban J connectivity index is 4.84. The van der Waals surface area contributed by atoms with E-state index in [1.807, 2.05) is 0 Å². The first kappa shape index (κ1) is 31.3. The number of carbonyl (C=O) groups excluding carboxylic acids is 8. The zero-order valence-corrected chi connectivity index (χ0v) is 18.5. The van der Waals surface area contributed by atoms with Crippen LogP contribution in [0.1, 0.15) is 39.0 Å². The predicted molar refractivity (Wildman–Crippen MR) is 103 cm³/mol.